The average Bonchev–Trinajstić information content (AvgIpc) is 2.69. The van der Waals surface area contributed by atoms with E-state index in [4.69, 9.17) is 11.1 Å². The minimum atomic E-state index is -0.00484. The fourth-order valence-electron chi connectivity index (χ4n) is 2.80. The van der Waals surface area contributed by atoms with Crippen LogP contribution in [0, 0.1) is 0 Å². The fourth-order valence-corrected chi connectivity index (χ4v) is 2.80. The van der Waals surface area contributed by atoms with Crippen molar-refractivity contribution in [1.82, 2.24) is 4.90 Å². The third-order valence-electron chi connectivity index (χ3n) is 3.84. The summed E-state index contributed by atoms with van der Waals surface area (Å²) in [6, 6.07) is 10.4. The molecule has 1 aliphatic rings. The quantitative estimate of drug-likeness (QED) is 0.455. The number of rotatable bonds is 5. The molecule has 0 spiro atoms. The van der Waals surface area contributed by atoms with Gasteiger partial charge in [0.2, 0.25) is 0 Å². The molecule has 0 unspecified atom stereocenters. The second-order valence-corrected chi connectivity index (χ2v) is 5.27. The third-order valence-corrected chi connectivity index (χ3v) is 3.84. The smallest absolute Gasteiger partial charge is 0.0501 e. The lowest BCUT2D eigenvalue weighted by atomic mass is 10.1. The zero-order valence-electron chi connectivity index (χ0n) is 11.9. The molecule has 0 aromatic heterocycles. The summed E-state index contributed by atoms with van der Waals surface area (Å²) in [5.41, 5.74) is 18.4. The summed E-state index contributed by atoms with van der Waals surface area (Å²) in [6.45, 7) is 1.96. The van der Waals surface area contributed by atoms with E-state index in [-0.39, 0.29) is 12.1 Å². The van der Waals surface area contributed by atoms with Crippen LogP contribution in [0.25, 0.3) is 20.9 Å². The molecule has 0 radical (unpaired) electrons. The average molecular weight is 285 g/mol. The first kappa shape index (κ1) is 15.2. The minimum Gasteiger partial charge on any atom is -0.296 e. The first-order valence-corrected chi connectivity index (χ1v) is 7.16. The van der Waals surface area contributed by atoms with E-state index in [2.05, 4.69) is 37.1 Å². The zero-order chi connectivity index (χ0) is 14.9. The molecule has 21 heavy (non-hydrogen) atoms. The van der Waals surface area contributed by atoms with Crippen LogP contribution in [0.4, 0.5) is 0 Å². The van der Waals surface area contributed by atoms with Crippen LogP contribution in [0.15, 0.2) is 40.6 Å². The molecule has 2 atom stereocenters. The van der Waals surface area contributed by atoms with Crippen LogP contribution in [0.2, 0.25) is 0 Å². The van der Waals surface area contributed by atoms with Gasteiger partial charge in [0, 0.05) is 35.5 Å². The van der Waals surface area contributed by atoms with E-state index in [0.717, 1.165) is 25.8 Å². The van der Waals surface area contributed by atoms with Gasteiger partial charge in [0.25, 0.3) is 0 Å². The number of hydrogen-bond acceptors (Lipinski definition) is 3. The molecule has 0 aliphatic carbocycles. The Morgan fingerprint density at radius 3 is 2.67 bits per heavy atom. The van der Waals surface area contributed by atoms with Gasteiger partial charge in [0.05, 0.1) is 6.04 Å². The predicted molar refractivity (Wildman–Crippen MR) is 81.4 cm³/mol. The summed E-state index contributed by atoms with van der Waals surface area (Å²) >= 11 is 0. The van der Waals surface area contributed by atoms with Gasteiger partial charge in [-0.3, -0.25) is 4.90 Å². The lowest BCUT2D eigenvalue weighted by Gasteiger charge is -2.30. The van der Waals surface area contributed by atoms with Crippen LogP contribution in [0.3, 0.4) is 0 Å². The summed E-state index contributed by atoms with van der Waals surface area (Å²) in [4.78, 5) is 8.09. The number of benzene rings is 1. The van der Waals surface area contributed by atoms with Crippen molar-refractivity contribution in [3.05, 3.63) is 56.8 Å². The molecular weight excluding hydrogens is 266 g/mol. The van der Waals surface area contributed by atoms with Crippen LogP contribution < -0.4 is 0 Å². The van der Waals surface area contributed by atoms with Crippen LogP contribution >= 0.6 is 0 Å². The van der Waals surface area contributed by atoms with E-state index in [0.29, 0.717) is 13.1 Å². The third kappa shape index (κ3) is 4.68. The van der Waals surface area contributed by atoms with Crippen LogP contribution in [-0.4, -0.2) is 30.1 Å². The van der Waals surface area contributed by atoms with Crippen LogP contribution in [-0.2, 0) is 6.54 Å². The summed E-state index contributed by atoms with van der Waals surface area (Å²) in [6.07, 6.45) is 2.84. The molecule has 2 rings (SSSR count). The van der Waals surface area contributed by atoms with Crippen molar-refractivity contribution in [3.63, 3.8) is 0 Å². The second-order valence-electron chi connectivity index (χ2n) is 5.27. The lowest BCUT2D eigenvalue weighted by Crippen LogP contribution is -2.39. The van der Waals surface area contributed by atoms with E-state index in [1.54, 1.807) is 0 Å². The number of likely N-dealkylation sites (tertiary alicyclic amines) is 1. The van der Waals surface area contributed by atoms with Gasteiger partial charge in [-0.15, -0.1) is 0 Å². The highest BCUT2D eigenvalue weighted by Gasteiger charge is 2.25. The van der Waals surface area contributed by atoms with Crippen molar-refractivity contribution in [2.45, 2.75) is 37.9 Å². The lowest BCUT2D eigenvalue weighted by molar-refractivity contribution is 0.189. The second kappa shape index (κ2) is 8.17. The Morgan fingerprint density at radius 1 is 1.14 bits per heavy atom. The Labute approximate surface area is 123 Å². The highest BCUT2D eigenvalue weighted by molar-refractivity contribution is 5.14. The standard InChI is InChI=1S/C14H19N7/c15-19-17-9-14-8-4-7-13(18-20-16)11-21(14)10-12-5-2-1-3-6-12/h1-3,5-6,13-14H,4,7-11H2/t13-,14-/m0/s1. The Hall–Kier alpha value is -2.20. The van der Waals surface area contributed by atoms with Crippen molar-refractivity contribution < 1.29 is 0 Å². The van der Waals surface area contributed by atoms with Gasteiger partial charge in [-0.05, 0) is 29.5 Å². The summed E-state index contributed by atoms with van der Waals surface area (Å²) in [7, 11) is 0. The van der Waals surface area contributed by atoms with Crippen LogP contribution in [0.1, 0.15) is 24.8 Å². The normalized spacial score (nSPS) is 22.7. The molecule has 7 nitrogen and oxygen atoms in total. The molecule has 110 valence electrons. The Morgan fingerprint density at radius 2 is 1.95 bits per heavy atom. The van der Waals surface area contributed by atoms with Gasteiger partial charge in [0.1, 0.15) is 0 Å². The SMILES string of the molecule is [N-]=[N+]=NC[C@@H]1CCC[C@H](N=[N+]=[N-])CN1Cc1ccccc1. The summed E-state index contributed by atoms with van der Waals surface area (Å²) in [5, 5.41) is 7.62. The largest absolute Gasteiger partial charge is 0.296 e. The van der Waals surface area contributed by atoms with E-state index in [1.807, 2.05) is 18.2 Å². The predicted octanol–water partition coefficient (Wildman–Crippen LogP) is 4.03. The van der Waals surface area contributed by atoms with Crippen molar-refractivity contribution >= 4 is 0 Å². The molecule has 0 amide bonds. The van der Waals surface area contributed by atoms with Gasteiger partial charge >= 0.3 is 0 Å². The molecule has 1 aliphatic heterocycles. The number of hydrogen-bond donors (Lipinski definition) is 0. The molecule has 1 heterocycles. The van der Waals surface area contributed by atoms with E-state index < -0.39 is 0 Å². The fraction of sp³-hybridized carbons (Fsp3) is 0.571. The van der Waals surface area contributed by atoms with Crippen molar-refractivity contribution in [3.8, 4) is 0 Å². The van der Waals surface area contributed by atoms with Gasteiger partial charge in [0.15, 0.2) is 0 Å². The maximum absolute atomic E-state index is 8.67. The highest BCUT2D eigenvalue weighted by Crippen LogP contribution is 2.21. The Bertz CT molecular complexity index is 532. The Balaban J connectivity index is 2.14. The topological polar surface area (TPSA) is 101 Å². The Kier molecular flexibility index (Phi) is 5.91. The zero-order valence-corrected chi connectivity index (χ0v) is 11.9. The summed E-state index contributed by atoms with van der Waals surface area (Å²) < 4.78 is 0. The maximum atomic E-state index is 8.67. The highest BCUT2D eigenvalue weighted by atomic mass is 15.2. The first-order chi connectivity index (χ1) is 10.3. The molecule has 1 aromatic carbocycles. The molecule has 0 N–H and O–H groups in total. The molecular formula is C14H19N7. The number of azide groups is 2. The van der Waals surface area contributed by atoms with Gasteiger partial charge in [-0.1, -0.05) is 47.0 Å². The minimum absolute atomic E-state index is 0.00484. The van der Waals surface area contributed by atoms with Gasteiger partial charge in [-0.2, -0.15) is 0 Å². The molecule has 1 aromatic rings. The first-order valence-electron chi connectivity index (χ1n) is 7.16. The van der Waals surface area contributed by atoms with Crippen molar-refractivity contribution in [2.75, 3.05) is 13.1 Å². The molecule has 0 bridgehead atoms. The van der Waals surface area contributed by atoms with Crippen molar-refractivity contribution in [2.24, 2.45) is 10.2 Å². The van der Waals surface area contributed by atoms with E-state index in [9.17, 15) is 0 Å². The molecule has 1 fully saturated rings. The monoisotopic (exact) mass is 285 g/mol. The maximum Gasteiger partial charge on any atom is 0.0501 e. The number of nitrogens with zero attached hydrogens (tertiary/aromatic N) is 7. The van der Waals surface area contributed by atoms with Gasteiger partial charge in [-0.25, -0.2) is 0 Å². The molecule has 0 saturated carbocycles. The van der Waals surface area contributed by atoms with E-state index in [1.165, 1.54) is 5.56 Å². The summed E-state index contributed by atoms with van der Waals surface area (Å²) in [5.74, 6) is 0. The molecule has 1 saturated heterocycles. The molecule has 7 heteroatoms. The van der Waals surface area contributed by atoms with E-state index >= 15 is 0 Å². The van der Waals surface area contributed by atoms with Crippen molar-refractivity contribution in [1.29, 1.82) is 0 Å². The van der Waals surface area contributed by atoms with Gasteiger partial charge < -0.3 is 0 Å². The van der Waals surface area contributed by atoms with Crippen LogP contribution in [0.5, 0.6) is 0 Å².